The van der Waals surface area contributed by atoms with Crippen molar-refractivity contribution in [1.29, 1.82) is 0 Å². The van der Waals surface area contributed by atoms with Crippen LogP contribution in [0.1, 0.15) is 102 Å². The largest absolute Gasteiger partial charge is 0.446 e. The Morgan fingerprint density at radius 2 is 1.67 bits per heavy atom. The molecule has 2 spiro atoms. The molecule has 5 saturated carbocycles. The number of carbonyl (C=O) groups excluding carboxylic acids is 3. The summed E-state index contributed by atoms with van der Waals surface area (Å²) in [5, 5.41) is 8.18. The number of benzene rings is 2. The molecular weight excluding hydrogens is 721 g/mol. The van der Waals surface area contributed by atoms with Gasteiger partial charge in [-0.1, -0.05) is 37.1 Å². The van der Waals surface area contributed by atoms with Crippen LogP contribution in [0.2, 0.25) is 0 Å². The summed E-state index contributed by atoms with van der Waals surface area (Å²) in [6, 6.07) is 14.8. The molecule has 3 aromatic rings. The summed E-state index contributed by atoms with van der Waals surface area (Å²) in [6.07, 6.45) is 12.0. The van der Waals surface area contributed by atoms with Crippen LogP contribution in [0.15, 0.2) is 53.9 Å². The van der Waals surface area contributed by atoms with Crippen LogP contribution in [0, 0.1) is 23.7 Å². The molecule has 9 rings (SSSR count). The van der Waals surface area contributed by atoms with E-state index in [1.54, 1.807) is 12.1 Å². The van der Waals surface area contributed by atoms with Gasteiger partial charge in [0.1, 0.15) is 12.7 Å². The average Bonchev–Trinajstić information content (AvgIpc) is 3.78. The van der Waals surface area contributed by atoms with E-state index in [9.17, 15) is 14.4 Å². The van der Waals surface area contributed by atoms with E-state index in [-0.39, 0.29) is 24.4 Å². The van der Waals surface area contributed by atoms with E-state index in [1.165, 1.54) is 17.8 Å². The minimum Gasteiger partial charge on any atom is -0.446 e. The molecule has 1 aromatic heterocycles. The molecule has 5 aliphatic carbocycles. The Hall–Kier alpha value is -3.88. The number of amides is 2. The van der Waals surface area contributed by atoms with Crippen molar-refractivity contribution in [3.63, 3.8) is 0 Å². The Balaban J connectivity index is 0.676. The van der Waals surface area contributed by atoms with Gasteiger partial charge in [0.15, 0.2) is 10.9 Å². The summed E-state index contributed by atoms with van der Waals surface area (Å²) >= 11 is 1.39. The molecule has 6 fully saturated rings. The van der Waals surface area contributed by atoms with Crippen molar-refractivity contribution in [1.82, 2.24) is 4.98 Å². The Labute approximate surface area is 326 Å². The van der Waals surface area contributed by atoms with Gasteiger partial charge in [0.2, 0.25) is 17.5 Å². The zero-order valence-corrected chi connectivity index (χ0v) is 32.1. The molecule has 294 valence electrons. The van der Waals surface area contributed by atoms with Gasteiger partial charge in [-0.05, 0) is 99.5 Å². The van der Waals surface area contributed by atoms with Gasteiger partial charge in [0.05, 0.1) is 12.3 Å². The van der Waals surface area contributed by atoms with Gasteiger partial charge in [-0.2, -0.15) is 9.78 Å². The molecule has 2 heterocycles. The lowest BCUT2D eigenvalue weighted by Gasteiger charge is -2.57. The molecule has 2 amide bonds. The lowest BCUT2D eigenvalue weighted by Crippen LogP contribution is -2.59. The van der Waals surface area contributed by atoms with Crippen LogP contribution >= 0.6 is 11.3 Å². The fraction of sp³-hybridized carbons (Fsp3) is 0.571. The predicted molar refractivity (Wildman–Crippen MR) is 208 cm³/mol. The standard InChI is InChI=1S/C42H52N4O8S/c43-33-8-5-7-30(22-33)37-26-55-39(45-37)46-38(48)11-4-2-1-3-9-35(47)25-50-24-27-12-14-34(15-13-27)44-40(49)51-36-10-6-16-41(23-36)52-42(54-53-41)31-18-28-17-29(20-31)21-32(42)19-28/h5,7-8,12-15,22,26,28-29,31-32,36H,1-4,6,9-11,16-21,23-25,43H2,(H,44,49)(H,45,46,48)/t28?,29?,31?,32?,36?,41-,42?/m1/s1. The number of Topliss-reactive ketones (excluding diaryl/α,β-unsaturated/α-hetero) is 1. The van der Waals surface area contributed by atoms with Crippen molar-refractivity contribution in [3.8, 4) is 11.3 Å². The van der Waals surface area contributed by atoms with Gasteiger partial charge >= 0.3 is 6.09 Å². The molecule has 4 N–H and O–H groups in total. The maximum absolute atomic E-state index is 12.9. The van der Waals surface area contributed by atoms with Crippen LogP contribution in [-0.2, 0) is 40.2 Å². The van der Waals surface area contributed by atoms with E-state index in [0.717, 1.165) is 99.3 Å². The first kappa shape index (κ1) is 38.0. The number of nitrogen functional groups attached to an aromatic ring is 1. The number of aromatic nitrogens is 1. The Morgan fingerprint density at radius 3 is 2.44 bits per heavy atom. The van der Waals surface area contributed by atoms with Crippen molar-refractivity contribution in [3.05, 3.63) is 59.5 Å². The van der Waals surface area contributed by atoms with Crippen LogP contribution in [0.4, 0.5) is 21.3 Å². The normalized spacial score (nSPS) is 29.1. The molecule has 13 heteroatoms. The molecule has 1 aliphatic heterocycles. The lowest BCUT2D eigenvalue weighted by atomic mass is 9.53. The molecule has 55 heavy (non-hydrogen) atoms. The number of rotatable bonds is 15. The van der Waals surface area contributed by atoms with Gasteiger partial charge in [0, 0.05) is 59.8 Å². The molecule has 6 aliphatic rings. The maximum Gasteiger partial charge on any atom is 0.411 e. The summed E-state index contributed by atoms with van der Waals surface area (Å²) < 4.78 is 18.3. The molecule has 12 nitrogen and oxygen atoms in total. The fourth-order valence-corrected chi connectivity index (χ4v) is 10.4. The van der Waals surface area contributed by atoms with E-state index < -0.39 is 17.7 Å². The number of thiazole rings is 1. The highest BCUT2D eigenvalue weighted by molar-refractivity contribution is 7.14. The van der Waals surface area contributed by atoms with Gasteiger partial charge in [-0.25, -0.2) is 9.78 Å². The quantitative estimate of drug-likeness (QED) is 0.0774. The number of anilines is 3. The highest BCUT2D eigenvalue weighted by Gasteiger charge is 2.67. The van der Waals surface area contributed by atoms with E-state index >= 15 is 0 Å². The van der Waals surface area contributed by atoms with Crippen LogP contribution in [-0.4, -0.2) is 47.1 Å². The van der Waals surface area contributed by atoms with Gasteiger partial charge < -0.3 is 25.3 Å². The number of nitrogens with zero attached hydrogens (tertiary/aromatic N) is 1. The van der Waals surface area contributed by atoms with Crippen molar-refractivity contribution < 1.29 is 38.4 Å². The van der Waals surface area contributed by atoms with Crippen LogP contribution in [0.5, 0.6) is 0 Å². The molecule has 4 bridgehead atoms. The second kappa shape index (κ2) is 16.7. The second-order valence-electron chi connectivity index (χ2n) is 16.3. The monoisotopic (exact) mass is 772 g/mol. The lowest BCUT2D eigenvalue weighted by molar-refractivity contribution is -0.390. The van der Waals surface area contributed by atoms with E-state index in [0.29, 0.717) is 54.2 Å². The third-order valence-electron chi connectivity index (χ3n) is 12.1. The Morgan fingerprint density at radius 1 is 0.909 bits per heavy atom. The average molecular weight is 773 g/mol. The van der Waals surface area contributed by atoms with Crippen LogP contribution < -0.4 is 16.4 Å². The number of unbranched alkanes of at least 4 members (excludes halogenated alkanes) is 3. The van der Waals surface area contributed by atoms with Gasteiger partial charge in [0.25, 0.3) is 0 Å². The fourth-order valence-electron chi connectivity index (χ4n) is 9.67. The molecule has 1 unspecified atom stereocenters. The predicted octanol–water partition coefficient (Wildman–Crippen LogP) is 8.78. The molecule has 2 aromatic carbocycles. The van der Waals surface area contributed by atoms with Crippen molar-refractivity contribution in [2.75, 3.05) is 23.0 Å². The summed E-state index contributed by atoms with van der Waals surface area (Å²) in [4.78, 5) is 54.3. The van der Waals surface area contributed by atoms with Crippen LogP contribution in [0.25, 0.3) is 11.3 Å². The molecular formula is C42H52N4O8S. The highest BCUT2D eigenvalue weighted by Crippen LogP contribution is 2.63. The smallest absolute Gasteiger partial charge is 0.411 e. The third-order valence-corrected chi connectivity index (χ3v) is 12.9. The number of hydrogen-bond acceptors (Lipinski definition) is 11. The maximum atomic E-state index is 12.9. The van der Waals surface area contributed by atoms with Gasteiger partial charge in [-0.3, -0.25) is 14.9 Å². The molecule has 0 radical (unpaired) electrons. The Kier molecular flexibility index (Phi) is 11.5. The van der Waals surface area contributed by atoms with Gasteiger partial charge in [-0.15, -0.1) is 11.3 Å². The van der Waals surface area contributed by atoms with Crippen molar-refractivity contribution in [2.45, 2.75) is 121 Å². The first-order chi connectivity index (χ1) is 26.7. The minimum absolute atomic E-state index is 0.0466. The van der Waals surface area contributed by atoms with Crippen molar-refractivity contribution >= 4 is 45.6 Å². The second-order valence-corrected chi connectivity index (χ2v) is 17.2. The number of hydrogen-bond donors (Lipinski definition) is 3. The first-order valence-electron chi connectivity index (χ1n) is 20.1. The van der Waals surface area contributed by atoms with Crippen LogP contribution in [0.3, 0.4) is 0 Å². The SMILES string of the molecule is Nc1cccc(-c2csc(NC(=O)CCCCCCC(=O)COCc3ccc(NC(=O)OC4CCC[C@]5(C4)OOC4(O5)C5CC6CC(C5)CC4C6)cc3)n2)c1. The van der Waals surface area contributed by atoms with E-state index in [2.05, 4.69) is 15.6 Å². The topological polar surface area (TPSA) is 160 Å². The van der Waals surface area contributed by atoms with Crippen molar-refractivity contribution in [2.24, 2.45) is 23.7 Å². The summed E-state index contributed by atoms with van der Waals surface area (Å²) in [5.41, 5.74) is 9.74. The number of ether oxygens (including phenoxy) is 3. The number of nitrogens with one attached hydrogen (secondary N) is 2. The first-order valence-corrected chi connectivity index (χ1v) is 20.9. The summed E-state index contributed by atoms with van der Waals surface area (Å²) in [7, 11) is 0. The zero-order valence-electron chi connectivity index (χ0n) is 31.3. The highest BCUT2D eigenvalue weighted by atomic mass is 32.1. The zero-order chi connectivity index (χ0) is 37.8. The minimum atomic E-state index is -0.852. The molecule has 2 atom stereocenters. The summed E-state index contributed by atoms with van der Waals surface area (Å²) in [5.74, 6) is 0.889. The molecule has 1 saturated heterocycles. The van der Waals surface area contributed by atoms with E-state index in [1.807, 2.05) is 41.8 Å². The number of ketones is 1. The van der Waals surface area contributed by atoms with E-state index in [4.69, 9.17) is 29.7 Å². The third kappa shape index (κ3) is 9.07. The summed E-state index contributed by atoms with van der Waals surface area (Å²) in [6.45, 7) is 0.341. The number of carbonyl (C=O) groups is 3. The number of nitrogens with two attached hydrogens (primary N) is 1. The Bertz CT molecular complexity index is 1810.